The van der Waals surface area contributed by atoms with Crippen LogP contribution in [0, 0.1) is 6.92 Å². The standard InChI is InChI=1S/C16H16F2N2O4/c1-10-5-3-4-6-11(10)15(21)23-7-8-24-16(22)12-9-20(2)19-13(12)14(17)18/h3-6,9,14H,7-8H2,1-2H3. The van der Waals surface area contributed by atoms with Gasteiger partial charge >= 0.3 is 11.9 Å². The average molecular weight is 338 g/mol. The highest BCUT2D eigenvalue weighted by Gasteiger charge is 2.23. The Labute approximate surface area is 137 Å². The van der Waals surface area contributed by atoms with Crippen LogP contribution in [0.1, 0.15) is 38.4 Å². The van der Waals surface area contributed by atoms with Crippen molar-refractivity contribution in [2.75, 3.05) is 13.2 Å². The molecule has 2 aromatic rings. The van der Waals surface area contributed by atoms with Crippen molar-refractivity contribution in [2.45, 2.75) is 13.3 Å². The van der Waals surface area contributed by atoms with Crippen molar-refractivity contribution < 1.29 is 27.8 Å². The molecule has 0 bridgehead atoms. The maximum absolute atomic E-state index is 12.8. The first-order valence-corrected chi connectivity index (χ1v) is 7.11. The monoisotopic (exact) mass is 338 g/mol. The van der Waals surface area contributed by atoms with Crippen molar-refractivity contribution in [3.63, 3.8) is 0 Å². The van der Waals surface area contributed by atoms with Crippen LogP contribution in [0.2, 0.25) is 0 Å². The smallest absolute Gasteiger partial charge is 0.341 e. The first-order valence-electron chi connectivity index (χ1n) is 7.11. The van der Waals surface area contributed by atoms with Gasteiger partial charge in [-0.15, -0.1) is 0 Å². The van der Waals surface area contributed by atoms with Gasteiger partial charge in [0.2, 0.25) is 0 Å². The Hall–Kier alpha value is -2.77. The van der Waals surface area contributed by atoms with Gasteiger partial charge < -0.3 is 9.47 Å². The fourth-order valence-corrected chi connectivity index (χ4v) is 2.05. The van der Waals surface area contributed by atoms with Crippen molar-refractivity contribution in [1.29, 1.82) is 0 Å². The number of aryl methyl sites for hydroxylation is 2. The van der Waals surface area contributed by atoms with Gasteiger partial charge in [-0.2, -0.15) is 5.10 Å². The van der Waals surface area contributed by atoms with Crippen molar-refractivity contribution in [1.82, 2.24) is 9.78 Å². The normalized spacial score (nSPS) is 10.7. The molecular weight excluding hydrogens is 322 g/mol. The predicted molar refractivity (Wildman–Crippen MR) is 79.9 cm³/mol. The first-order chi connectivity index (χ1) is 11.4. The lowest BCUT2D eigenvalue weighted by molar-refractivity contribution is 0.0261. The number of aromatic nitrogens is 2. The zero-order valence-electron chi connectivity index (χ0n) is 13.2. The molecule has 0 spiro atoms. The number of carbonyl (C=O) groups excluding carboxylic acids is 2. The SMILES string of the molecule is Cc1ccccc1C(=O)OCCOC(=O)c1cn(C)nc1C(F)F. The number of ether oxygens (including phenoxy) is 2. The van der Waals surface area contributed by atoms with E-state index >= 15 is 0 Å². The predicted octanol–water partition coefficient (Wildman–Crippen LogP) is 2.68. The van der Waals surface area contributed by atoms with Gasteiger partial charge in [-0.1, -0.05) is 18.2 Å². The quantitative estimate of drug-likeness (QED) is 0.598. The van der Waals surface area contributed by atoms with Gasteiger partial charge in [-0.25, -0.2) is 18.4 Å². The van der Waals surface area contributed by atoms with Crippen molar-refractivity contribution in [3.05, 3.63) is 52.8 Å². The van der Waals surface area contributed by atoms with Crippen LogP contribution in [-0.4, -0.2) is 34.9 Å². The second-order valence-corrected chi connectivity index (χ2v) is 4.99. The third-order valence-corrected chi connectivity index (χ3v) is 3.20. The Balaban J connectivity index is 1.85. The fraction of sp³-hybridized carbons (Fsp3) is 0.312. The van der Waals surface area contributed by atoms with Crippen LogP contribution in [0.25, 0.3) is 0 Å². The summed E-state index contributed by atoms with van der Waals surface area (Å²) in [6, 6.07) is 6.89. The second-order valence-electron chi connectivity index (χ2n) is 4.99. The number of hydrogen-bond acceptors (Lipinski definition) is 5. The van der Waals surface area contributed by atoms with E-state index in [4.69, 9.17) is 9.47 Å². The molecule has 0 saturated heterocycles. The molecule has 0 aliphatic carbocycles. The van der Waals surface area contributed by atoms with E-state index in [-0.39, 0.29) is 18.8 Å². The summed E-state index contributed by atoms with van der Waals surface area (Å²) in [5.41, 5.74) is 0.227. The average Bonchev–Trinajstić information content (AvgIpc) is 2.94. The Kier molecular flexibility index (Phi) is 5.62. The maximum Gasteiger partial charge on any atom is 0.341 e. The van der Waals surface area contributed by atoms with E-state index < -0.39 is 24.1 Å². The highest BCUT2D eigenvalue weighted by molar-refractivity contribution is 5.91. The minimum atomic E-state index is -2.88. The van der Waals surface area contributed by atoms with Crippen LogP contribution in [0.4, 0.5) is 8.78 Å². The number of halogens is 2. The van der Waals surface area contributed by atoms with Gasteiger partial charge in [0.15, 0.2) is 0 Å². The lowest BCUT2D eigenvalue weighted by Gasteiger charge is -2.08. The minimum absolute atomic E-state index is 0.177. The number of nitrogens with zero attached hydrogens (tertiary/aromatic N) is 2. The van der Waals surface area contributed by atoms with E-state index in [1.165, 1.54) is 7.05 Å². The molecule has 0 aliphatic heterocycles. The molecule has 0 atom stereocenters. The number of esters is 2. The molecule has 1 aromatic heterocycles. The van der Waals surface area contributed by atoms with E-state index in [1.807, 2.05) is 0 Å². The van der Waals surface area contributed by atoms with Gasteiger partial charge in [0.25, 0.3) is 6.43 Å². The van der Waals surface area contributed by atoms with Gasteiger partial charge in [0.1, 0.15) is 24.5 Å². The first kappa shape index (κ1) is 17.6. The van der Waals surface area contributed by atoms with Crippen LogP contribution in [0.5, 0.6) is 0 Å². The molecule has 128 valence electrons. The molecule has 0 radical (unpaired) electrons. The number of hydrogen-bond donors (Lipinski definition) is 0. The van der Waals surface area contributed by atoms with Gasteiger partial charge in [0, 0.05) is 13.2 Å². The van der Waals surface area contributed by atoms with Gasteiger partial charge in [0.05, 0.1) is 5.56 Å². The molecule has 1 aromatic carbocycles. The zero-order chi connectivity index (χ0) is 17.7. The lowest BCUT2D eigenvalue weighted by Crippen LogP contribution is -2.15. The molecule has 24 heavy (non-hydrogen) atoms. The molecule has 0 N–H and O–H groups in total. The van der Waals surface area contributed by atoms with E-state index in [0.29, 0.717) is 5.56 Å². The third kappa shape index (κ3) is 4.15. The minimum Gasteiger partial charge on any atom is -0.458 e. The molecule has 0 aliphatic rings. The number of rotatable bonds is 6. The summed E-state index contributed by atoms with van der Waals surface area (Å²) in [6.45, 7) is 1.35. The van der Waals surface area contributed by atoms with Crippen molar-refractivity contribution in [3.8, 4) is 0 Å². The summed E-state index contributed by atoms with van der Waals surface area (Å²) in [5.74, 6) is -1.48. The Morgan fingerprint density at radius 1 is 1.12 bits per heavy atom. The molecule has 0 fully saturated rings. The van der Waals surface area contributed by atoms with Gasteiger partial charge in [-0.05, 0) is 18.6 Å². The topological polar surface area (TPSA) is 70.4 Å². The Bertz CT molecular complexity index is 743. The van der Waals surface area contributed by atoms with Crippen molar-refractivity contribution in [2.24, 2.45) is 7.05 Å². The molecule has 2 rings (SSSR count). The Morgan fingerprint density at radius 2 is 1.71 bits per heavy atom. The lowest BCUT2D eigenvalue weighted by atomic mass is 10.1. The number of carbonyl (C=O) groups is 2. The largest absolute Gasteiger partial charge is 0.458 e. The molecule has 0 unspecified atom stereocenters. The number of alkyl halides is 2. The summed E-state index contributed by atoms with van der Waals surface area (Å²) in [4.78, 5) is 23.7. The van der Waals surface area contributed by atoms with Crippen LogP contribution >= 0.6 is 0 Å². The summed E-state index contributed by atoms with van der Waals surface area (Å²) < 4.78 is 36.5. The highest BCUT2D eigenvalue weighted by Crippen LogP contribution is 2.21. The van der Waals surface area contributed by atoms with Crippen LogP contribution in [0.3, 0.4) is 0 Å². The van der Waals surface area contributed by atoms with E-state index in [1.54, 1.807) is 31.2 Å². The van der Waals surface area contributed by atoms with Crippen LogP contribution in [-0.2, 0) is 16.5 Å². The third-order valence-electron chi connectivity index (χ3n) is 3.20. The fourth-order valence-electron chi connectivity index (χ4n) is 2.05. The molecule has 6 nitrogen and oxygen atoms in total. The summed E-state index contributed by atoms with van der Waals surface area (Å²) in [7, 11) is 1.42. The van der Waals surface area contributed by atoms with E-state index in [0.717, 1.165) is 16.4 Å². The molecule has 0 amide bonds. The second kappa shape index (κ2) is 7.67. The molecule has 8 heteroatoms. The number of benzene rings is 1. The van der Waals surface area contributed by atoms with Gasteiger partial charge in [-0.3, -0.25) is 4.68 Å². The van der Waals surface area contributed by atoms with Crippen molar-refractivity contribution >= 4 is 11.9 Å². The molecule has 0 saturated carbocycles. The highest BCUT2D eigenvalue weighted by atomic mass is 19.3. The van der Waals surface area contributed by atoms with Crippen LogP contribution in [0.15, 0.2) is 30.5 Å². The zero-order valence-corrected chi connectivity index (χ0v) is 13.2. The molecular formula is C16H16F2N2O4. The maximum atomic E-state index is 12.8. The molecule has 1 heterocycles. The van der Waals surface area contributed by atoms with Crippen LogP contribution < -0.4 is 0 Å². The summed E-state index contributed by atoms with van der Waals surface area (Å²) in [6.07, 6.45) is -1.73. The van der Waals surface area contributed by atoms with E-state index in [9.17, 15) is 18.4 Å². The Morgan fingerprint density at radius 3 is 2.29 bits per heavy atom. The summed E-state index contributed by atoms with van der Waals surface area (Å²) >= 11 is 0. The van der Waals surface area contributed by atoms with E-state index in [2.05, 4.69) is 5.10 Å². The summed E-state index contributed by atoms with van der Waals surface area (Å²) in [5, 5.41) is 3.52.